The summed E-state index contributed by atoms with van der Waals surface area (Å²) in [5.41, 5.74) is 0.226. The van der Waals surface area contributed by atoms with Crippen molar-refractivity contribution in [2.24, 2.45) is 5.92 Å². The molecule has 110 valence electrons. The molecule has 0 bridgehead atoms. The number of benzene rings is 1. The van der Waals surface area contributed by atoms with E-state index >= 15 is 0 Å². The van der Waals surface area contributed by atoms with Crippen molar-refractivity contribution in [2.75, 3.05) is 13.1 Å². The second-order valence-electron chi connectivity index (χ2n) is 6.04. The van der Waals surface area contributed by atoms with E-state index in [0.29, 0.717) is 37.3 Å². The molecule has 1 saturated heterocycles. The molecule has 1 aromatic carbocycles. The lowest BCUT2D eigenvalue weighted by molar-refractivity contribution is -0.119. The van der Waals surface area contributed by atoms with Crippen LogP contribution in [0.4, 0.5) is 4.39 Å². The highest BCUT2D eigenvalue weighted by atomic mass is 19.1. The molecule has 1 N–H and O–H groups in total. The third-order valence-electron chi connectivity index (χ3n) is 4.26. The maximum absolute atomic E-state index is 12.9. The Kier molecular flexibility index (Phi) is 2.83. The average molecular weight is 289 g/mol. The van der Waals surface area contributed by atoms with Crippen LogP contribution in [0.2, 0.25) is 0 Å². The van der Waals surface area contributed by atoms with Gasteiger partial charge in [0.15, 0.2) is 0 Å². The molecule has 2 aliphatic rings. The van der Waals surface area contributed by atoms with E-state index in [-0.39, 0.29) is 5.82 Å². The van der Waals surface area contributed by atoms with Crippen LogP contribution in [0.3, 0.4) is 0 Å². The van der Waals surface area contributed by atoms with Gasteiger partial charge in [0.2, 0.25) is 11.7 Å². The fraction of sp³-hybridized carbons (Fsp3) is 0.467. The van der Waals surface area contributed by atoms with E-state index in [4.69, 9.17) is 4.52 Å². The lowest BCUT2D eigenvalue weighted by atomic mass is 9.89. The summed E-state index contributed by atoms with van der Waals surface area (Å²) < 4.78 is 18.1. The van der Waals surface area contributed by atoms with Gasteiger partial charge in [-0.15, -0.1) is 0 Å². The topological polar surface area (TPSA) is 62.4 Å². The van der Waals surface area contributed by atoms with Crippen LogP contribution in [-0.2, 0) is 6.54 Å². The van der Waals surface area contributed by atoms with Crippen molar-refractivity contribution in [1.82, 2.24) is 15.0 Å². The second-order valence-corrected chi connectivity index (χ2v) is 6.04. The van der Waals surface area contributed by atoms with Crippen molar-refractivity contribution in [2.45, 2.75) is 25.0 Å². The van der Waals surface area contributed by atoms with Crippen molar-refractivity contribution in [3.05, 3.63) is 36.0 Å². The zero-order chi connectivity index (χ0) is 14.4. The number of hydrogen-bond acceptors (Lipinski definition) is 5. The summed E-state index contributed by atoms with van der Waals surface area (Å²) in [7, 11) is 0. The lowest BCUT2D eigenvalue weighted by Gasteiger charge is -2.46. The second kappa shape index (κ2) is 4.61. The van der Waals surface area contributed by atoms with Crippen LogP contribution in [0.5, 0.6) is 0 Å². The Morgan fingerprint density at radius 3 is 2.67 bits per heavy atom. The molecule has 0 spiro atoms. The first-order valence-electron chi connectivity index (χ1n) is 7.16. The summed E-state index contributed by atoms with van der Waals surface area (Å²) in [5.74, 6) is 1.17. The molecule has 0 atom stereocenters. The van der Waals surface area contributed by atoms with Crippen molar-refractivity contribution in [3.8, 4) is 11.4 Å². The quantitative estimate of drug-likeness (QED) is 0.930. The van der Waals surface area contributed by atoms with E-state index in [1.54, 1.807) is 12.1 Å². The predicted octanol–water partition coefficient (Wildman–Crippen LogP) is 1.83. The van der Waals surface area contributed by atoms with E-state index < -0.39 is 5.60 Å². The fourth-order valence-corrected chi connectivity index (χ4v) is 2.95. The van der Waals surface area contributed by atoms with Crippen LogP contribution in [0.15, 0.2) is 28.8 Å². The number of nitrogens with zero attached hydrogens (tertiary/aromatic N) is 3. The van der Waals surface area contributed by atoms with Gasteiger partial charge in [0.25, 0.3) is 0 Å². The van der Waals surface area contributed by atoms with E-state index in [1.165, 1.54) is 12.1 Å². The monoisotopic (exact) mass is 289 g/mol. The smallest absolute Gasteiger partial charge is 0.241 e. The summed E-state index contributed by atoms with van der Waals surface area (Å²) in [4.78, 5) is 6.41. The molecule has 1 aliphatic heterocycles. The number of hydrogen-bond donors (Lipinski definition) is 1. The molecule has 1 aliphatic carbocycles. The molecule has 5 nitrogen and oxygen atoms in total. The molecular formula is C15H16FN3O2. The Hall–Kier alpha value is -1.79. The summed E-state index contributed by atoms with van der Waals surface area (Å²) in [5, 5.41) is 14.2. The zero-order valence-electron chi connectivity index (χ0n) is 11.5. The van der Waals surface area contributed by atoms with Crippen molar-refractivity contribution in [1.29, 1.82) is 0 Å². The Morgan fingerprint density at radius 2 is 2.00 bits per heavy atom. The first-order valence-corrected chi connectivity index (χ1v) is 7.16. The van der Waals surface area contributed by atoms with Gasteiger partial charge in [-0.05, 0) is 43.0 Å². The largest absolute Gasteiger partial charge is 0.387 e. The van der Waals surface area contributed by atoms with Gasteiger partial charge in [0.05, 0.1) is 12.1 Å². The summed E-state index contributed by atoms with van der Waals surface area (Å²) in [6.07, 6.45) is 2.28. The minimum Gasteiger partial charge on any atom is -0.387 e. The van der Waals surface area contributed by atoms with Crippen molar-refractivity contribution >= 4 is 0 Å². The minimum atomic E-state index is -0.500. The molecule has 21 heavy (non-hydrogen) atoms. The van der Waals surface area contributed by atoms with Gasteiger partial charge in [0.1, 0.15) is 5.82 Å². The molecule has 1 aromatic heterocycles. The Morgan fingerprint density at radius 1 is 1.29 bits per heavy atom. The molecule has 0 radical (unpaired) electrons. The maximum Gasteiger partial charge on any atom is 0.241 e. The molecule has 0 unspecified atom stereocenters. The average Bonchev–Trinajstić information content (AvgIpc) is 3.19. The Balaban J connectivity index is 1.40. The summed E-state index contributed by atoms with van der Waals surface area (Å²) >= 11 is 0. The van der Waals surface area contributed by atoms with Gasteiger partial charge < -0.3 is 9.63 Å². The van der Waals surface area contributed by atoms with Gasteiger partial charge >= 0.3 is 0 Å². The fourth-order valence-electron chi connectivity index (χ4n) is 2.95. The minimum absolute atomic E-state index is 0.289. The lowest BCUT2D eigenvalue weighted by Crippen LogP contribution is -2.62. The van der Waals surface area contributed by atoms with E-state index in [0.717, 1.165) is 18.4 Å². The standard InChI is InChI=1S/C15H16FN3O2/c16-12-5-1-10(2-6-12)14-17-13(21-18-14)7-19-8-15(20,9-19)11-3-4-11/h1-2,5-6,11,20H,3-4,7-9H2. The Bertz CT molecular complexity index is 645. The molecule has 2 heterocycles. The van der Waals surface area contributed by atoms with Crippen LogP contribution in [0.1, 0.15) is 18.7 Å². The first kappa shape index (κ1) is 12.9. The van der Waals surface area contributed by atoms with E-state index in [1.807, 2.05) is 0 Å². The number of aromatic nitrogens is 2. The van der Waals surface area contributed by atoms with Gasteiger partial charge in [-0.3, -0.25) is 4.90 Å². The SMILES string of the molecule is OC1(C2CC2)CN(Cc2nc(-c3ccc(F)cc3)no2)C1. The maximum atomic E-state index is 12.9. The number of aliphatic hydroxyl groups is 1. The van der Waals surface area contributed by atoms with Gasteiger partial charge in [-0.1, -0.05) is 5.16 Å². The third kappa shape index (κ3) is 2.45. The summed E-state index contributed by atoms with van der Waals surface area (Å²) in [6, 6.07) is 5.99. The van der Waals surface area contributed by atoms with Crippen LogP contribution < -0.4 is 0 Å². The molecule has 1 saturated carbocycles. The third-order valence-corrected chi connectivity index (χ3v) is 4.26. The number of β-amino-alcohol motifs (C(OH)–C–C–N with tert-alkyl or cyclic N) is 1. The number of halogens is 1. The molecule has 4 rings (SSSR count). The van der Waals surface area contributed by atoms with Crippen LogP contribution in [0, 0.1) is 11.7 Å². The van der Waals surface area contributed by atoms with E-state index in [9.17, 15) is 9.50 Å². The van der Waals surface area contributed by atoms with Crippen LogP contribution in [0.25, 0.3) is 11.4 Å². The molecule has 2 fully saturated rings. The van der Waals surface area contributed by atoms with Gasteiger partial charge in [0, 0.05) is 18.7 Å². The molecular weight excluding hydrogens is 273 g/mol. The van der Waals surface area contributed by atoms with Gasteiger partial charge in [-0.25, -0.2) is 4.39 Å². The predicted molar refractivity (Wildman–Crippen MR) is 72.6 cm³/mol. The highest BCUT2D eigenvalue weighted by Gasteiger charge is 2.51. The van der Waals surface area contributed by atoms with Crippen LogP contribution >= 0.6 is 0 Å². The number of likely N-dealkylation sites (tertiary alicyclic amines) is 1. The Labute approximate surface area is 121 Å². The van der Waals surface area contributed by atoms with E-state index in [2.05, 4.69) is 15.0 Å². The molecule has 2 aromatic rings. The molecule has 0 amide bonds. The van der Waals surface area contributed by atoms with Gasteiger partial charge in [-0.2, -0.15) is 4.98 Å². The zero-order valence-corrected chi connectivity index (χ0v) is 11.5. The van der Waals surface area contributed by atoms with Crippen molar-refractivity contribution < 1.29 is 14.0 Å². The highest BCUT2D eigenvalue weighted by Crippen LogP contribution is 2.44. The van der Waals surface area contributed by atoms with Crippen LogP contribution in [-0.4, -0.2) is 38.8 Å². The number of rotatable bonds is 4. The highest BCUT2D eigenvalue weighted by molar-refractivity contribution is 5.53. The first-order chi connectivity index (χ1) is 10.1. The summed E-state index contributed by atoms with van der Waals surface area (Å²) in [6.45, 7) is 1.89. The van der Waals surface area contributed by atoms with Crippen molar-refractivity contribution in [3.63, 3.8) is 0 Å². The molecule has 6 heteroatoms. The normalized spacial score (nSPS) is 21.2.